The molecular weight excluding hydrogens is 448 g/mol. The molecule has 3 aliphatic rings. The van der Waals surface area contributed by atoms with Crippen molar-refractivity contribution in [3.63, 3.8) is 0 Å². The lowest BCUT2D eigenvalue weighted by molar-refractivity contribution is -0.151. The summed E-state index contributed by atoms with van der Waals surface area (Å²) in [5, 5.41) is 20.4. The number of hydrogen-bond acceptors (Lipinski definition) is 5. The van der Waals surface area contributed by atoms with Gasteiger partial charge in [-0.1, -0.05) is 43.7 Å². The number of carbonyl (C=O) groups excluding carboxylic acids is 2. The van der Waals surface area contributed by atoms with Crippen molar-refractivity contribution in [3.05, 3.63) is 41.9 Å². The van der Waals surface area contributed by atoms with E-state index in [-0.39, 0.29) is 19.1 Å². The maximum absolute atomic E-state index is 14.2. The Morgan fingerprint density at radius 1 is 1.39 bits per heavy atom. The van der Waals surface area contributed by atoms with Gasteiger partial charge in [-0.15, -0.1) is 6.58 Å². The van der Waals surface area contributed by atoms with Gasteiger partial charge < -0.3 is 24.7 Å². The minimum absolute atomic E-state index is 0.138. The minimum Gasteiger partial charge on any atom is -0.481 e. The van der Waals surface area contributed by atoms with Gasteiger partial charge in [0, 0.05) is 6.54 Å². The number of halogens is 1. The number of hydrogen-bond donors (Lipinski definition) is 2. The third-order valence-electron chi connectivity index (χ3n) is 7.29. The van der Waals surface area contributed by atoms with Gasteiger partial charge >= 0.3 is 5.97 Å². The van der Waals surface area contributed by atoms with Gasteiger partial charge in [0.15, 0.2) is 0 Å². The highest BCUT2D eigenvalue weighted by molar-refractivity contribution is 6.34. The molecule has 2 amide bonds. The van der Waals surface area contributed by atoms with Gasteiger partial charge in [-0.3, -0.25) is 14.4 Å². The maximum atomic E-state index is 14.2. The van der Waals surface area contributed by atoms with Crippen molar-refractivity contribution in [1.29, 1.82) is 0 Å². The lowest BCUT2D eigenvalue weighted by Crippen LogP contribution is -2.59. The van der Waals surface area contributed by atoms with Crippen LogP contribution in [0.5, 0.6) is 0 Å². The smallest absolute Gasteiger partial charge is 0.310 e. The summed E-state index contributed by atoms with van der Waals surface area (Å²) in [4.78, 5) is 42.9. The fourth-order valence-corrected chi connectivity index (χ4v) is 6.12. The third kappa shape index (κ3) is 3.47. The van der Waals surface area contributed by atoms with E-state index in [1.807, 2.05) is 13.8 Å². The number of rotatable bonds is 8. The number of amides is 2. The van der Waals surface area contributed by atoms with E-state index in [1.54, 1.807) is 30.3 Å². The molecule has 8 nitrogen and oxygen atoms in total. The number of nitrogens with zero attached hydrogens (tertiary/aromatic N) is 2. The van der Waals surface area contributed by atoms with E-state index in [4.69, 9.17) is 16.3 Å². The zero-order valence-corrected chi connectivity index (χ0v) is 19.4. The van der Waals surface area contributed by atoms with E-state index in [9.17, 15) is 24.6 Å². The summed E-state index contributed by atoms with van der Waals surface area (Å²) in [5.41, 5.74) is -0.797. The van der Waals surface area contributed by atoms with Crippen LogP contribution in [0.25, 0.3) is 0 Å². The number of carboxylic acids is 1. The Morgan fingerprint density at radius 3 is 2.67 bits per heavy atom. The molecule has 3 saturated heterocycles. The Morgan fingerprint density at radius 2 is 2.09 bits per heavy atom. The SMILES string of the molecule is C=CCN(C(=O)C1N([C@@H](CO)C(C)C)C(=O)[C@@H]2[C@H](C(=O)O)[C@@H]3CCC12O3)c1ccccc1Cl. The van der Waals surface area contributed by atoms with Crippen LogP contribution in [0.4, 0.5) is 5.69 Å². The third-order valence-corrected chi connectivity index (χ3v) is 7.61. The molecular formula is C24H29ClN2O6. The van der Waals surface area contributed by atoms with E-state index >= 15 is 0 Å². The topological polar surface area (TPSA) is 107 Å². The molecule has 0 aromatic heterocycles. The van der Waals surface area contributed by atoms with Crippen LogP contribution in [0, 0.1) is 17.8 Å². The molecule has 2 bridgehead atoms. The summed E-state index contributed by atoms with van der Waals surface area (Å²) in [6.07, 6.45) is 1.80. The van der Waals surface area contributed by atoms with Crippen LogP contribution in [0.3, 0.4) is 0 Å². The summed E-state index contributed by atoms with van der Waals surface area (Å²) in [7, 11) is 0. The van der Waals surface area contributed by atoms with Crippen LogP contribution < -0.4 is 4.90 Å². The molecule has 3 aliphatic heterocycles. The second-order valence-electron chi connectivity index (χ2n) is 9.32. The van der Waals surface area contributed by atoms with E-state index in [0.717, 1.165) is 0 Å². The number of anilines is 1. The highest BCUT2D eigenvalue weighted by Gasteiger charge is 2.75. The molecule has 2 unspecified atom stereocenters. The van der Waals surface area contributed by atoms with Crippen molar-refractivity contribution in [3.8, 4) is 0 Å². The number of aliphatic carboxylic acids is 1. The maximum Gasteiger partial charge on any atom is 0.310 e. The van der Waals surface area contributed by atoms with E-state index < -0.39 is 53.4 Å². The molecule has 2 N–H and O–H groups in total. The van der Waals surface area contributed by atoms with Gasteiger partial charge in [-0.25, -0.2) is 0 Å². The Hall–Kier alpha value is -2.42. The van der Waals surface area contributed by atoms with Crippen LogP contribution >= 0.6 is 11.6 Å². The van der Waals surface area contributed by atoms with Gasteiger partial charge in [-0.05, 0) is 30.9 Å². The van der Waals surface area contributed by atoms with Crippen LogP contribution in [0.2, 0.25) is 5.02 Å². The molecule has 0 radical (unpaired) electrons. The van der Waals surface area contributed by atoms with Crippen molar-refractivity contribution in [2.24, 2.45) is 17.8 Å². The van der Waals surface area contributed by atoms with Crippen molar-refractivity contribution in [1.82, 2.24) is 4.90 Å². The summed E-state index contributed by atoms with van der Waals surface area (Å²) in [6, 6.07) is 5.13. The average molecular weight is 477 g/mol. The quantitative estimate of drug-likeness (QED) is 0.558. The van der Waals surface area contributed by atoms with E-state index in [2.05, 4.69) is 6.58 Å². The van der Waals surface area contributed by atoms with E-state index in [1.165, 1.54) is 9.80 Å². The monoisotopic (exact) mass is 476 g/mol. The number of para-hydroxylation sites is 1. The molecule has 3 heterocycles. The number of fused-ring (bicyclic) bond motifs is 1. The summed E-state index contributed by atoms with van der Waals surface area (Å²) < 4.78 is 6.23. The van der Waals surface area contributed by atoms with Crippen molar-refractivity contribution in [2.75, 3.05) is 18.1 Å². The number of benzene rings is 1. The van der Waals surface area contributed by atoms with Crippen molar-refractivity contribution in [2.45, 2.75) is 50.5 Å². The molecule has 178 valence electrons. The zero-order valence-electron chi connectivity index (χ0n) is 18.7. The lowest BCUT2D eigenvalue weighted by Gasteiger charge is -2.40. The second-order valence-corrected chi connectivity index (χ2v) is 9.73. The molecule has 33 heavy (non-hydrogen) atoms. The minimum atomic E-state index is -1.26. The highest BCUT2D eigenvalue weighted by atomic mass is 35.5. The zero-order chi connectivity index (χ0) is 24.1. The van der Waals surface area contributed by atoms with Crippen LogP contribution in [0.1, 0.15) is 26.7 Å². The number of likely N-dealkylation sites (tertiary alicyclic amines) is 1. The number of carboxylic acid groups (broad SMARTS) is 1. The summed E-state index contributed by atoms with van der Waals surface area (Å²) in [6.45, 7) is 7.24. The number of aliphatic hydroxyl groups is 1. The van der Waals surface area contributed by atoms with Gasteiger partial charge in [0.1, 0.15) is 11.6 Å². The Kier molecular flexibility index (Phi) is 6.28. The van der Waals surface area contributed by atoms with Gasteiger partial charge in [0.05, 0.1) is 41.3 Å². The highest BCUT2D eigenvalue weighted by Crippen LogP contribution is 2.59. The molecule has 1 aromatic rings. The van der Waals surface area contributed by atoms with Gasteiger partial charge in [-0.2, -0.15) is 0 Å². The largest absolute Gasteiger partial charge is 0.481 e. The lowest BCUT2D eigenvalue weighted by atomic mass is 9.70. The first-order chi connectivity index (χ1) is 15.7. The van der Waals surface area contributed by atoms with E-state index in [0.29, 0.717) is 23.6 Å². The molecule has 1 spiro atoms. The molecule has 0 saturated carbocycles. The molecule has 0 aliphatic carbocycles. The van der Waals surface area contributed by atoms with Crippen LogP contribution in [-0.2, 0) is 19.1 Å². The standard InChI is InChI=1S/C24H29ClN2O6/c1-4-11-26(15-8-6-5-7-14(15)25)22(30)20-24-10-9-17(33-24)18(23(31)32)19(24)21(29)27(20)16(12-28)13(2)3/h4-8,13,16-20,28H,1,9-12H2,2-3H3,(H,31,32)/t16-,17-,18+,19-,20?,24?/m0/s1. The molecule has 3 fully saturated rings. The summed E-state index contributed by atoms with van der Waals surface area (Å²) >= 11 is 6.41. The number of carbonyl (C=O) groups is 3. The number of aliphatic hydroxyl groups excluding tert-OH is 1. The normalized spacial score (nSPS) is 31.1. The van der Waals surface area contributed by atoms with Crippen LogP contribution in [0.15, 0.2) is 36.9 Å². The second kappa shape index (κ2) is 8.74. The van der Waals surface area contributed by atoms with Crippen LogP contribution in [-0.4, -0.2) is 69.8 Å². The van der Waals surface area contributed by atoms with Gasteiger partial charge in [0.25, 0.3) is 5.91 Å². The molecule has 1 aromatic carbocycles. The number of ether oxygens (including phenoxy) is 1. The summed E-state index contributed by atoms with van der Waals surface area (Å²) in [5.74, 6) is -4.15. The van der Waals surface area contributed by atoms with Crippen molar-refractivity contribution >= 4 is 35.1 Å². The Bertz CT molecular complexity index is 983. The predicted octanol–water partition coefficient (Wildman–Crippen LogP) is 2.34. The average Bonchev–Trinajstić information content (AvgIpc) is 3.40. The van der Waals surface area contributed by atoms with Gasteiger partial charge in [0.2, 0.25) is 5.91 Å². The first-order valence-electron chi connectivity index (χ1n) is 11.2. The molecule has 4 rings (SSSR count). The Labute approximate surface area is 197 Å². The van der Waals surface area contributed by atoms with Crippen molar-refractivity contribution < 1.29 is 29.3 Å². The fourth-order valence-electron chi connectivity index (χ4n) is 5.88. The first kappa shape index (κ1) is 23.7. The predicted molar refractivity (Wildman–Crippen MR) is 122 cm³/mol. The Balaban J connectivity index is 1.86. The first-order valence-corrected chi connectivity index (χ1v) is 11.6. The molecule has 6 atom stereocenters. The fraction of sp³-hybridized carbons (Fsp3) is 0.542. The molecule has 9 heteroatoms.